The van der Waals surface area contributed by atoms with Crippen molar-refractivity contribution in [2.24, 2.45) is 0 Å². The van der Waals surface area contributed by atoms with Crippen molar-refractivity contribution in [2.75, 3.05) is 7.11 Å². The summed E-state index contributed by atoms with van der Waals surface area (Å²) in [5.41, 5.74) is 3.60. The Bertz CT molecular complexity index is 915. The van der Waals surface area contributed by atoms with Gasteiger partial charge in [0.1, 0.15) is 11.4 Å². The monoisotopic (exact) mass is 337 g/mol. The molecule has 3 rings (SSSR count). The number of fused-ring (bicyclic) bond motifs is 1. The Kier molecular flexibility index (Phi) is 4.29. The number of nitrogens with zero attached hydrogens (tertiary/aromatic N) is 1. The van der Waals surface area contributed by atoms with E-state index in [1.165, 1.54) is 5.56 Å². The maximum Gasteiger partial charge on any atom is 0.352 e. The minimum Gasteiger partial charge on any atom is -0.497 e. The number of hydrogen-bond acceptors (Lipinski definition) is 2. The van der Waals surface area contributed by atoms with Gasteiger partial charge in [0.15, 0.2) is 0 Å². The van der Waals surface area contributed by atoms with Gasteiger partial charge in [0, 0.05) is 17.4 Å². The Morgan fingerprint density at radius 2 is 1.76 bits per heavy atom. The van der Waals surface area contributed by atoms with E-state index in [1.54, 1.807) is 13.2 Å². The van der Waals surface area contributed by atoms with Crippen LogP contribution in [0.5, 0.6) is 5.75 Å². The predicted octanol–water partition coefficient (Wildman–Crippen LogP) is 4.69. The fraction of sp³-hybridized carbons (Fsp3) is 0.286. The molecule has 0 unspecified atom stereocenters. The Morgan fingerprint density at radius 3 is 2.32 bits per heavy atom. The van der Waals surface area contributed by atoms with Crippen LogP contribution in [-0.2, 0) is 12.0 Å². The van der Waals surface area contributed by atoms with Crippen molar-refractivity contribution in [1.82, 2.24) is 4.57 Å². The largest absolute Gasteiger partial charge is 0.497 e. The van der Waals surface area contributed by atoms with Crippen LogP contribution >= 0.6 is 0 Å². The number of hydrogen-bond donors (Lipinski definition) is 1. The second-order valence-corrected chi connectivity index (χ2v) is 7.29. The van der Waals surface area contributed by atoms with Crippen LogP contribution in [0.2, 0.25) is 0 Å². The Labute approximate surface area is 147 Å². The average Bonchev–Trinajstić information content (AvgIpc) is 2.92. The highest BCUT2D eigenvalue weighted by Gasteiger charge is 2.16. The van der Waals surface area contributed by atoms with Crippen molar-refractivity contribution in [2.45, 2.75) is 32.7 Å². The smallest absolute Gasteiger partial charge is 0.352 e. The normalized spacial score (nSPS) is 11.7. The van der Waals surface area contributed by atoms with Crippen LogP contribution in [0.1, 0.15) is 42.4 Å². The van der Waals surface area contributed by atoms with Crippen molar-refractivity contribution < 1.29 is 14.6 Å². The minimum atomic E-state index is -0.929. The lowest BCUT2D eigenvalue weighted by Gasteiger charge is -2.19. The van der Waals surface area contributed by atoms with Crippen LogP contribution in [0.4, 0.5) is 0 Å². The lowest BCUT2D eigenvalue weighted by atomic mass is 9.87. The Hall–Kier alpha value is -2.75. The van der Waals surface area contributed by atoms with E-state index in [0.717, 1.165) is 22.2 Å². The van der Waals surface area contributed by atoms with Crippen LogP contribution in [0.25, 0.3) is 10.9 Å². The molecule has 0 radical (unpaired) electrons. The molecule has 0 spiro atoms. The van der Waals surface area contributed by atoms with Gasteiger partial charge < -0.3 is 14.4 Å². The molecule has 0 aliphatic rings. The molecule has 2 aromatic carbocycles. The number of carboxylic acids is 1. The highest BCUT2D eigenvalue weighted by atomic mass is 16.5. The molecule has 1 aromatic heterocycles. The van der Waals surface area contributed by atoms with Crippen molar-refractivity contribution in [3.8, 4) is 5.75 Å². The Balaban J connectivity index is 2.02. The summed E-state index contributed by atoms with van der Waals surface area (Å²) < 4.78 is 7.08. The zero-order valence-corrected chi connectivity index (χ0v) is 15.0. The Morgan fingerprint density at radius 1 is 1.08 bits per heavy atom. The molecule has 130 valence electrons. The number of benzene rings is 2. The third-order valence-electron chi connectivity index (χ3n) is 4.49. The second kappa shape index (κ2) is 6.28. The van der Waals surface area contributed by atoms with Gasteiger partial charge in [-0.15, -0.1) is 0 Å². The average molecular weight is 337 g/mol. The summed E-state index contributed by atoms with van der Waals surface area (Å²) in [6.45, 7) is 7.05. The summed E-state index contributed by atoms with van der Waals surface area (Å²) in [4.78, 5) is 11.7. The summed E-state index contributed by atoms with van der Waals surface area (Å²) in [6, 6.07) is 15.7. The molecule has 1 heterocycles. The quantitative estimate of drug-likeness (QED) is 0.751. The standard InChI is InChI=1S/C21H23NO3/c1-21(2,3)16-7-5-14(6-8-16)13-22-18-10-9-17(25-4)11-15(18)12-19(22)20(23)24/h5-12H,13H2,1-4H3,(H,23,24). The van der Waals surface area contributed by atoms with Gasteiger partial charge in [-0.05, 0) is 40.8 Å². The molecular weight excluding hydrogens is 314 g/mol. The number of carbonyl (C=O) groups is 1. The van der Waals surface area contributed by atoms with E-state index in [4.69, 9.17) is 4.74 Å². The van der Waals surface area contributed by atoms with E-state index in [0.29, 0.717) is 6.54 Å². The first-order valence-electron chi connectivity index (χ1n) is 8.29. The SMILES string of the molecule is COc1ccc2c(c1)cc(C(=O)O)n2Cc1ccc(C(C)(C)C)cc1. The van der Waals surface area contributed by atoms with E-state index in [1.807, 2.05) is 22.8 Å². The lowest BCUT2D eigenvalue weighted by molar-refractivity contribution is 0.0686. The zero-order chi connectivity index (χ0) is 18.2. The number of rotatable bonds is 4. The van der Waals surface area contributed by atoms with Crippen LogP contribution in [-0.4, -0.2) is 22.8 Å². The number of ether oxygens (including phenoxy) is 1. The highest BCUT2D eigenvalue weighted by Crippen LogP contribution is 2.27. The summed E-state index contributed by atoms with van der Waals surface area (Å²) in [6.07, 6.45) is 0. The molecule has 0 aliphatic carbocycles. The van der Waals surface area contributed by atoms with Crippen LogP contribution < -0.4 is 4.74 Å². The molecule has 4 nitrogen and oxygen atoms in total. The molecule has 0 saturated heterocycles. The number of aromatic carboxylic acids is 1. The van der Waals surface area contributed by atoms with Gasteiger partial charge in [-0.3, -0.25) is 0 Å². The molecule has 4 heteroatoms. The summed E-state index contributed by atoms with van der Waals surface area (Å²) in [7, 11) is 1.60. The van der Waals surface area contributed by atoms with E-state index < -0.39 is 5.97 Å². The van der Waals surface area contributed by atoms with E-state index in [-0.39, 0.29) is 11.1 Å². The van der Waals surface area contributed by atoms with Crippen molar-refractivity contribution in [3.05, 3.63) is 65.4 Å². The van der Waals surface area contributed by atoms with Gasteiger partial charge in [-0.25, -0.2) is 4.79 Å². The fourth-order valence-corrected chi connectivity index (χ4v) is 3.02. The fourth-order valence-electron chi connectivity index (χ4n) is 3.02. The third-order valence-corrected chi connectivity index (χ3v) is 4.49. The number of aromatic nitrogens is 1. The van der Waals surface area contributed by atoms with E-state index in [9.17, 15) is 9.90 Å². The summed E-state index contributed by atoms with van der Waals surface area (Å²) in [5.74, 6) is -0.211. The van der Waals surface area contributed by atoms with Gasteiger partial charge in [0.2, 0.25) is 0 Å². The molecule has 0 saturated carbocycles. The third kappa shape index (κ3) is 3.38. The first-order valence-corrected chi connectivity index (χ1v) is 8.29. The maximum absolute atomic E-state index is 11.7. The molecule has 1 N–H and O–H groups in total. The molecule has 0 bridgehead atoms. The van der Waals surface area contributed by atoms with Gasteiger partial charge in [0.05, 0.1) is 7.11 Å². The molecule has 0 aliphatic heterocycles. The van der Waals surface area contributed by atoms with Gasteiger partial charge >= 0.3 is 5.97 Å². The van der Waals surface area contributed by atoms with Crippen molar-refractivity contribution >= 4 is 16.9 Å². The van der Waals surface area contributed by atoms with Crippen molar-refractivity contribution in [3.63, 3.8) is 0 Å². The van der Waals surface area contributed by atoms with E-state index >= 15 is 0 Å². The highest BCUT2D eigenvalue weighted by molar-refractivity contribution is 5.95. The summed E-state index contributed by atoms with van der Waals surface area (Å²) in [5, 5.41) is 10.4. The predicted molar refractivity (Wildman–Crippen MR) is 99.7 cm³/mol. The zero-order valence-electron chi connectivity index (χ0n) is 15.0. The number of methoxy groups -OCH3 is 1. The van der Waals surface area contributed by atoms with Crippen molar-refractivity contribution in [1.29, 1.82) is 0 Å². The van der Waals surface area contributed by atoms with Gasteiger partial charge in [0.25, 0.3) is 0 Å². The summed E-state index contributed by atoms with van der Waals surface area (Å²) >= 11 is 0. The lowest BCUT2D eigenvalue weighted by Crippen LogP contribution is -2.12. The first kappa shape index (κ1) is 17.1. The van der Waals surface area contributed by atoms with Crippen LogP contribution in [0.3, 0.4) is 0 Å². The molecule has 25 heavy (non-hydrogen) atoms. The number of carboxylic acid groups (broad SMARTS) is 1. The molecule has 3 aromatic rings. The van der Waals surface area contributed by atoms with E-state index in [2.05, 4.69) is 45.0 Å². The molecular formula is C21H23NO3. The molecule has 0 amide bonds. The van der Waals surface area contributed by atoms with Crippen LogP contribution in [0, 0.1) is 0 Å². The topological polar surface area (TPSA) is 51.5 Å². The van der Waals surface area contributed by atoms with Crippen LogP contribution in [0.15, 0.2) is 48.5 Å². The molecule has 0 atom stereocenters. The van der Waals surface area contributed by atoms with Gasteiger partial charge in [-0.1, -0.05) is 45.0 Å². The van der Waals surface area contributed by atoms with Gasteiger partial charge in [-0.2, -0.15) is 0 Å². The maximum atomic E-state index is 11.7. The minimum absolute atomic E-state index is 0.0987. The first-order chi connectivity index (χ1) is 11.8. The molecule has 0 fully saturated rings. The second-order valence-electron chi connectivity index (χ2n) is 7.29.